The van der Waals surface area contributed by atoms with E-state index in [1.54, 1.807) is 18.3 Å². The second-order valence-electron chi connectivity index (χ2n) is 9.39. The maximum Gasteiger partial charge on any atom is 0.181 e. The molecule has 0 fully saturated rings. The minimum absolute atomic E-state index is 0.277. The fourth-order valence-electron chi connectivity index (χ4n) is 4.64. The first-order valence-corrected chi connectivity index (χ1v) is 13.0. The van der Waals surface area contributed by atoms with Crippen molar-refractivity contribution < 1.29 is 4.39 Å². The summed E-state index contributed by atoms with van der Waals surface area (Å²) >= 11 is 0. The van der Waals surface area contributed by atoms with Crippen molar-refractivity contribution in [3.63, 3.8) is 0 Å². The lowest BCUT2D eigenvalue weighted by Crippen LogP contribution is -2.10. The first-order valence-electron chi connectivity index (χ1n) is 13.0. The largest absolute Gasteiger partial charge is 0.359 e. The number of unbranched alkanes of at least 4 members (excludes halogenated alkanes) is 1. The molecule has 0 amide bonds. The summed E-state index contributed by atoms with van der Waals surface area (Å²) in [6.07, 6.45) is 12.5. The van der Waals surface area contributed by atoms with Crippen molar-refractivity contribution in [2.24, 2.45) is 0 Å². The van der Waals surface area contributed by atoms with Crippen LogP contribution in [0.5, 0.6) is 0 Å². The molecule has 4 aromatic heterocycles. The number of fused-ring (bicyclic) bond motifs is 2. The van der Waals surface area contributed by atoms with Crippen molar-refractivity contribution in [1.82, 2.24) is 30.5 Å². The molecule has 6 nitrogen and oxygen atoms in total. The maximum absolute atomic E-state index is 13.9. The smallest absolute Gasteiger partial charge is 0.181 e. The van der Waals surface area contributed by atoms with Crippen molar-refractivity contribution in [2.75, 3.05) is 0 Å². The number of aromatic amines is 2. The van der Waals surface area contributed by atoms with Gasteiger partial charge < -0.3 is 10.3 Å². The number of nitrogens with one attached hydrogen (secondary N) is 3. The molecule has 0 bridgehead atoms. The highest BCUT2D eigenvalue weighted by Gasteiger charge is 2.15. The Bertz CT molecular complexity index is 1740. The SMILES string of the molecule is C=C/C(=C\C(=C/C)c1cnc2n[nH]c(-c3cc4c(-c5cccc(F)c5)ccnc4[nH]3)c2c1)NC(=C)CCCC. The normalized spacial score (nSPS) is 12.3. The lowest BCUT2D eigenvalue weighted by molar-refractivity contribution is 0.628. The fourth-order valence-corrected chi connectivity index (χ4v) is 4.64. The van der Waals surface area contributed by atoms with Gasteiger partial charge in [0.15, 0.2) is 5.65 Å². The van der Waals surface area contributed by atoms with Crippen LogP contribution < -0.4 is 5.32 Å². The van der Waals surface area contributed by atoms with E-state index in [0.29, 0.717) is 11.3 Å². The molecule has 0 aliphatic carbocycles. The molecule has 39 heavy (non-hydrogen) atoms. The summed E-state index contributed by atoms with van der Waals surface area (Å²) in [5.41, 5.74) is 8.42. The molecular formula is C32H31FN6. The van der Waals surface area contributed by atoms with E-state index in [1.807, 2.05) is 43.5 Å². The summed E-state index contributed by atoms with van der Waals surface area (Å²) in [4.78, 5) is 12.5. The number of hydrogen-bond acceptors (Lipinski definition) is 4. The standard InChI is InChI=1S/C32H31FN6/c1-5-8-10-20(4)36-25(7-3)16-21(6-2)23-17-28-30(38-39-32(28)35-19-23)29-18-27-26(13-14-34-31(27)37-29)22-11-9-12-24(33)15-22/h6-7,9,11-19,36H,3-5,8,10H2,1-2H3,(H,34,37)(H,35,38,39)/b21-6+,25-16+. The molecule has 0 saturated heterocycles. The Balaban J connectivity index is 1.52. The van der Waals surface area contributed by atoms with Crippen LogP contribution in [0.3, 0.4) is 0 Å². The van der Waals surface area contributed by atoms with E-state index in [9.17, 15) is 4.39 Å². The predicted octanol–water partition coefficient (Wildman–Crippen LogP) is 8.07. The van der Waals surface area contributed by atoms with Crippen LogP contribution in [0.15, 0.2) is 97.6 Å². The van der Waals surface area contributed by atoms with Gasteiger partial charge in [0, 0.05) is 40.1 Å². The van der Waals surface area contributed by atoms with Crippen molar-refractivity contribution >= 4 is 27.6 Å². The molecule has 3 N–H and O–H groups in total. The van der Waals surface area contributed by atoms with Gasteiger partial charge in [-0.05, 0) is 78.9 Å². The molecule has 0 spiro atoms. The average molecular weight is 519 g/mol. The number of rotatable bonds is 10. The van der Waals surface area contributed by atoms with Crippen LogP contribution in [0.25, 0.3) is 50.2 Å². The summed E-state index contributed by atoms with van der Waals surface area (Å²) in [5, 5.41) is 12.7. The Morgan fingerprint density at radius 1 is 1.13 bits per heavy atom. The third-order valence-corrected chi connectivity index (χ3v) is 6.67. The number of nitrogens with zero attached hydrogens (tertiary/aromatic N) is 3. The molecule has 0 unspecified atom stereocenters. The van der Waals surface area contributed by atoms with E-state index >= 15 is 0 Å². The van der Waals surface area contributed by atoms with E-state index < -0.39 is 0 Å². The van der Waals surface area contributed by atoms with Crippen LogP contribution >= 0.6 is 0 Å². The second-order valence-corrected chi connectivity index (χ2v) is 9.39. The van der Waals surface area contributed by atoms with Crippen molar-refractivity contribution in [1.29, 1.82) is 0 Å². The van der Waals surface area contributed by atoms with Crippen molar-refractivity contribution in [2.45, 2.75) is 33.1 Å². The molecule has 5 rings (SSSR count). The van der Waals surface area contributed by atoms with E-state index in [4.69, 9.17) is 0 Å². The van der Waals surface area contributed by atoms with E-state index in [2.05, 4.69) is 56.6 Å². The number of hydrogen-bond donors (Lipinski definition) is 3. The molecule has 4 heterocycles. The van der Waals surface area contributed by atoms with Crippen LogP contribution in [0, 0.1) is 5.82 Å². The lowest BCUT2D eigenvalue weighted by atomic mass is 10.0. The molecular weight excluding hydrogens is 487 g/mol. The molecule has 0 aliphatic heterocycles. The van der Waals surface area contributed by atoms with Crippen LogP contribution in [0.2, 0.25) is 0 Å². The highest BCUT2D eigenvalue weighted by molar-refractivity contribution is 5.99. The highest BCUT2D eigenvalue weighted by atomic mass is 19.1. The maximum atomic E-state index is 13.9. The number of halogens is 1. The molecule has 5 aromatic rings. The summed E-state index contributed by atoms with van der Waals surface area (Å²) < 4.78 is 13.9. The van der Waals surface area contributed by atoms with Gasteiger partial charge in [0.05, 0.1) is 11.4 Å². The zero-order chi connectivity index (χ0) is 27.4. The number of benzene rings is 1. The Kier molecular flexibility index (Phi) is 7.50. The minimum atomic E-state index is -0.277. The molecule has 7 heteroatoms. The first-order chi connectivity index (χ1) is 19.0. The zero-order valence-corrected chi connectivity index (χ0v) is 22.2. The van der Waals surface area contributed by atoms with Crippen molar-refractivity contribution in [3.05, 3.63) is 109 Å². The number of pyridine rings is 2. The lowest BCUT2D eigenvalue weighted by Gasteiger charge is -2.11. The fraction of sp³-hybridized carbons (Fsp3) is 0.156. The minimum Gasteiger partial charge on any atom is -0.359 e. The van der Waals surface area contributed by atoms with Gasteiger partial charge in [-0.3, -0.25) is 5.10 Å². The van der Waals surface area contributed by atoms with E-state index in [1.165, 1.54) is 12.1 Å². The molecule has 0 aliphatic rings. The summed E-state index contributed by atoms with van der Waals surface area (Å²) in [6.45, 7) is 12.3. The van der Waals surface area contributed by atoms with E-state index in [0.717, 1.165) is 75.1 Å². The van der Waals surface area contributed by atoms with Crippen LogP contribution in [0.4, 0.5) is 4.39 Å². The van der Waals surface area contributed by atoms with Gasteiger partial charge in [-0.25, -0.2) is 14.4 Å². The van der Waals surface area contributed by atoms with Crippen LogP contribution in [-0.2, 0) is 0 Å². The number of aromatic nitrogens is 5. The van der Waals surface area contributed by atoms with Crippen LogP contribution in [-0.4, -0.2) is 25.1 Å². The average Bonchev–Trinajstić information content (AvgIpc) is 3.57. The van der Waals surface area contributed by atoms with Gasteiger partial charge >= 0.3 is 0 Å². The monoisotopic (exact) mass is 518 g/mol. The summed E-state index contributed by atoms with van der Waals surface area (Å²) in [6, 6.07) is 12.6. The number of H-pyrrole nitrogens is 2. The molecule has 1 aromatic carbocycles. The first kappa shape index (κ1) is 25.9. The van der Waals surface area contributed by atoms with Crippen molar-refractivity contribution in [3.8, 4) is 22.5 Å². The van der Waals surface area contributed by atoms with Crippen LogP contribution in [0.1, 0.15) is 38.7 Å². The Labute approximate surface area is 227 Å². The zero-order valence-electron chi connectivity index (χ0n) is 22.2. The second kappa shape index (κ2) is 11.3. The summed E-state index contributed by atoms with van der Waals surface area (Å²) in [7, 11) is 0. The Hall–Kier alpha value is -4.78. The van der Waals surface area contributed by atoms with E-state index in [-0.39, 0.29) is 5.82 Å². The molecule has 196 valence electrons. The predicted molar refractivity (Wildman–Crippen MR) is 158 cm³/mol. The molecule has 0 radical (unpaired) electrons. The highest BCUT2D eigenvalue weighted by Crippen LogP contribution is 2.34. The number of allylic oxidation sites excluding steroid dienone is 5. The third-order valence-electron chi connectivity index (χ3n) is 6.67. The molecule has 0 saturated carbocycles. The Morgan fingerprint density at radius 2 is 2.00 bits per heavy atom. The quantitative estimate of drug-likeness (QED) is 0.163. The van der Waals surface area contributed by atoms with Gasteiger partial charge in [-0.1, -0.05) is 44.7 Å². The molecule has 0 atom stereocenters. The third kappa shape index (κ3) is 5.43. The summed E-state index contributed by atoms with van der Waals surface area (Å²) in [5.74, 6) is -0.277. The Morgan fingerprint density at radius 3 is 2.77 bits per heavy atom. The van der Waals surface area contributed by atoms with Gasteiger partial charge in [0.2, 0.25) is 0 Å². The van der Waals surface area contributed by atoms with Gasteiger partial charge in [-0.2, -0.15) is 5.10 Å². The van der Waals surface area contributed by atoms with Gasteiger partial charge in [-0.15, -0.1) is 0 Å². The van der Waals surface area contributed by atoms with Gasteiger partial charge in [0.1, 0.15) is 11.5 Å². The topological polar surface area (TPSA) is 82.3 Å². The van der Waals surface area contributed by atoms with Gasteiger partial charge in [0.25, 0.3) is 0 Å².